The molecular weight excluding hydrogens is 542 g/mol. The van der Waals surface area contributed by atoms with Crippen molar-refractivity contribution in [1.82, 2.24) is 0 Å². The third-order valence-electron chi connectivity index (χ3n) is 5.49. The molecule has 0 radical (unpaired) electrons. The number of carbonyl (C=O) groups is 3. The van der Waals surface area contributed by atoms with Crippen LogP contribution in [0.2, 0.25) is 5.02 Å². The summed E-state index contributed by atoms with van der Waals surface area (Å²) in [6.07, 6.45) is -1.27. The molecule has 3 rings (SSSR count). The number of ether oxygens (including phenoxy) is 2. The van der Waals surface area contributed by atoms with Crippen molar-refractivity contribution in [3.63, 3.8) is 0 Å². The summed E-state index contributed by atoms with van der Waals surface area (Å²) in [6, 6.07) is 14.0. The van der Waals surface area contributed by atoms with E-state index in [1.807, 2.05) is 0 Å². The Bertz CT molecular complexity index is 1430. The highest BCUT2D eigenvalue weighted by Gasteiger charge is 2.19. The van der Waals surface area contributed by atoms with Crippen LogP contribution in [-0.2, 0) is 16.1 Å². The Morgan fingerprint density at radius 2 is 1.75 bits per heavy atom. The minimum Gasteiger partial charge on any atom is -0.493 e. The summed E-state index contributed by atoms with van der Waals surface area (Å²) in [5, 5.41) is 34.9. The molecule has 0 aliphatic heterocycles. The predicted octanol–water partition coefficient (Wildman–Crippen LogP) is 3.28. The van der Waals surface area contributed by atoms with Gasteiger partial charge in [0.1, 0.15) is 11.9 Å². The van der Waals surface area contributed by atoms with Crippen molar-refractivity contribution in [3.8, 4) is 11.5 Å². The van der Waals surface area contributed by atoms with Gasteiger partial charge in [0.15, 0.2) is 18.1 Å². The second-order valence-electron chi connectivity index (χ2n) is 8.50. The molecule has 0 aromatic heterocycles. The zero-order valence-corrected chi connectivity index (χ0v) is 22.3. The maximum Gasteiger partial charge on any atom is 0.341 e. The zero-order valence-electron chi connectivity index (χ0n) is 21.6. The maximum absolute atomic E-state index is 13.1. The van der Waals surface area contributed by atoms with Crippen molar-refractivity contribution in [2.45, 2.75) is 19.6 Å². The van der Waals surface area contributed by atoms with Crippen LogP contribution in [0.3, 0.4) is 0 Å². The zero-order chi connectivity index (χ0) is 29.4. The summed E-state index contributed by atoms with van der Waals surface area (Å²) < 4.78 is 10.8. The molecule has 13 heteroatoms. The Labute approximate surface area is 234 Å². The normalized spacial score (nSPS) is 11.2. The number of anilines is 3. The Morgan fingerprint density at radius 3 is 2.35 bits per heavy atom. The fourth-order valence-electron chi connectivity index (χ4n) is 3.54. The number of amides is 2. The first-order valence-electron chi connectivity index (χ1n) is 11.8. The van der Waals surface area contributed by atoms with Gasteiger partial charge < -0.3 is 41.4 Å². The van der Waals surface area contributed by atoms with Crippen LogP contribution in [-0.4, -0.2) is 53.7 Å². The number of hydrogen-bond acceptors (Lipinski definition) is 8. The summed E-state index contributed by atoms with van der Waals surface area (Å²) >= 11 is 6.17. The molecule has 1 atom stereocenters. The van der Waals surface area contributed by atoms with E-state index in [1.54, 1.807) is 36.4 Å². The third kappa shape index (κ3) is 7.85. The molecule has 0 saturated heterocycles. The summed E-state index contributed by atoms with van der Waals surface area (Å²) in [4.78, 5) is 36.4. The lowest BCUT2D eigenvalue weighted by Crippen LogP contribution is -2.24. The number of aliphatic hydroxyl groups excluding tert-OH is 1. The van der Waals surface area contributed by atoms with Crippen LogP contribution in [0, 0.1) is 5.41 Å². The molecule has 40 heavy (non-hydrogen) atoms. The van der Waals surface area contributed by atoms with E-state index >= 15 is 0 Å². The number of benzene rings is 3. The van der Waals surface area contributed by atoms with Gasteiger partial charge >= 0.3 is 5.97 Å². The Balaban J connectivity index is 1.91. The molecule has 0 bridgehead atoms. The molecule has 1 unspecified atom stereocenters. The first-order chi connectivity index (χ1) is 19.0. The minimum absolute atomic E-state index is 0.0128. The highest BCUT2D eigenvalue weighted by molar-refractivity contribution is 6.31. The number of carboxylic acid groups (broad SMARTS) is 1. The molecule has 2 amide bonds. The molecule has 0 saturated carbocycles. The maximum atomic E-state index is 13.1. The number of aliphatic hydroxyl groups is 1. The number of rotatable bonds is 12. The first-order valence-corrected chi connectivity index (χ1v) is 12.2. The van der Waals surface area contributed by atoms with E-state index in [0.29, 0.717) is 27.5 Å². The second-order valence-corrected chi connectivity index (χ2v) is 8.94. The van der Waals surface area contributed by atoms with E-state index in [-0.39, 0.29) is 35.1 Å². The summed E-state index contributed by atoms with van der Waals surface area (Å²) in [7, 11) is 1.35. The summed E-state index contributed by atoms with van der Waals surface area (Å²) in [5.74, 6) is -2.19. The molecule has 12 nitrogen and oxygen atoms in total. The lowest BCUT2D eigenvalue weighted by Gasteiger charge is -2.19. The van der Waals surface area contributed by atoms with Gasteiger partial charge in [-0.25, -0.2) is 4.79 Å². The van der Waals surface area contributed by atoms with Crippen molar-refractivity contribution < 1.29 is 34.1 Å². The van der Waals surface area contributed by atoms with E-state index in [0.717, 1.165) is 0 Å². The van der Waals surface area contributed by atoms with Crippen LogP contribution in [0.5, 0.6) is 11.5 Å². The Hall–Kier alpha value is -4.81. The van der Waals surface area contributed by atoms with Crippen LogP contribution in [0.15, 0.2) is 54.6 Å². The van der Waals surface area contributed by atoms with Gasteiger partial charge in [-0.15, -0.1) is 0 Å². The average molecular weight is 570 g/mol. The van der Waals surface area contributed by atoms with E-state index in [4.69, 9.17) is 37.3 Å². The van der Waals surface area contributed by atoms with Crippen LogP contribution in [0.4, 0.5) is 17.1 Å². The van der Waals surface area contributed by atoms with Gasteiger partial charge in [0.05, 0.1) is 12.7 Å². The van der Waals surface area contributed by atoms with Crippen LogP contribution >= 0.6 is 11.6 Å². The largest absolute Gasteiger partial charge is 0.493 e. The number of nitrogen functional groups attached to an aromatic ring is 1. The molecule has 0 spiro atoms. The van der Waals surface area contributed by atoms with Gasteiger partial charge in [-0.2, -0.15) is 0 Å². The number of carboxylic acids is 1. The Kier molecular flexibility index (Phi) is 9.90. The number of halogens is 1. The van der Waals surface area contributed by atoms with Crippen LogP contribution in [0.25, 0.3) is 0 Å². The number of nitrogens with two attached hydrogens (primary N) is 1. The smallest absolute Gasteiger partial charge is 0.341 e. The van der Waals surface area contributed by atoms with Gasteiger partial charge in [0, 0.05) is 45.8 Å². The monoisotopic (exact) mass is 569 g/mol. The van der Waals surface area contributed by atoms with Gasteiger partial charge in [-0.05, 0) is 55.5 Å². The van der Waals surface area contributed by atoms with Gasteiger partial charge in [0.2, 0.25) is 0 Å². The van der Waals surface area contributed by atoms with Crippen LogP contribution < -0.4 is 31.2 Å². The molecule has 3 aromatic carbocycles. The van der Waals surface area contributed by atoms with E-state index in [2.05, 4.69) is 16.0 Å². The minimum atomic E-state index is -1.27. The Morgan fingerprint density at radius 1 is 1.05 bits per heavy atom. The average Bonchev–Trinajstić information content (AvgIpc) is 2.91. The summed E-state index contributed by atoms with van der Waals surface area (Å²) in [5.41, 5.74) is 7.72. The molecule has 0 heterocycles. The lowest BCUT2D eigenvalue weighted by atomic mass is 10.1. The molecule has 3 aromatic rings. The number of methoxy groups -OCH3 is 1. The SMILES string of the molecule is COc1cc(NC(=O)C(C)O)cc(CNc2ccc(Cl)cc2C(=O)Nc2ccc(C(=N)N)cc2)c1OCC(=O)O. The fraction of sp³-hybridized carbons (Fsp3) is 0.185. The van der Waals surface area contributed by atoms with Crippen molar-refractivity contribution in [1.29, 1.82) is 5.41 Å². The lowest BCUT2D eigenvalue weighted by molar-refractivity contribution is -0.139. The number of hydrogen-bond donors (Lipinski definition) is 7. The van der Waals surface area contributed by atoms with Crippen molar-refractivity contribution >= 4 is 52.3 Å². The third-order valence-corrected chi connectivity index (χ3v) is 5.72. The quantitative estimate of drug-likeness (QED) is 0.126. The van der Waals surface area contributed by atoms with Gasteiger partial charge in [0.25, 0.3) is 11.8 Å². The first kappa shape index (κ1) is 29.7. The number of nitrogens with one attached hydrogen (secondary N) is 4. The second kappa shape index (κ2) is 13.3. The van der Waals surface area contributed by atoms with Gasteiger partial charge in [-0.1, -0.05) is 11.6 Å². The highest BCUT2D eigenvalue weighted by atomic mass is 35.5. The number of aliphatic carboxylic acids is 1. The molecule has 8 N–H and O–H groups in total. The van der Waals surface area contributed by atoms with Crippen LogP contribution in [0.1, 0.15) is 28.4 Å². The van der Waals surface area contributed by atoms with Crippen molar-refractivity contribution in [3.05, 3.63) is 76.3 Å². The van der Waals surface area contributed by atoms with Crippen molar-refractivity contribution in [2.75, 3.05) is 29.7 Å². The molecule has 0 aliphatic rings. The topological polar surface area (TPSA) is 196 Å². The molecular formula is C27H28ClN5O7. The molecule has 0 fully saturated rings. The standard InChI is InChI=1S/C27H28ClN5O7/c1-14(34)26(37)33-19-9-16(24(22(11-19)39-2)40-13-23(35)36)12-31-21-8-5-17(28)10-20(21)27(38)32-18-6-3-15(4-7-18)25(29)30/h3-11,14,31,34H,12-13H2,1-2H3,(H3,29,30)(H,32,38)(H,33,37)(H,35,36). The molecule has 0 aliphatic carbocycles. The fourth-order valence-corrected chi connectivity index (χ4v) is 3.71. The van der Waals surface area contributed by atoms with E-state index in [9.17, 15) is 19.5 Å². The predicted molar refractivity (Wildman–Crippen MR) is 151 cm³/mol. The number of carbonyl (C=O) groups excluding carboxylic acids is 2. The summed E-state index contributed by atoms with van der Waals surface area (Å²) in [6.45, 7) is 0.669. The van der Waals surface area contributed by atoms with Crippen molar-refractivity contribution in [2.24, 2.45) is 5.73 Å². The highest BCUT2D eigenvalue weighted by Crippen LogP contribution is 2.36. The van der Waals surface area contributed by atoms with E-state index in [1.165, 1.54) is 32.2 Å². The molecule has 210 valence electrons. The van der Waals surface area contributed by atoms with Gasteiger partial charge in [-0.3, -0.25) is 15.0 Å². The number of amidine groups is 1. The van der Waals surface area contributed by atoms with E-state index < -0.39 is 30.5 Å².